The number of hydrogen-bond donors (Lipinski definition) is 1. The maximum atomic E-state index is 9.64. The molecule has 17 heavy (non-hydrogen) atoms. The standard InChI is InChI=1S/C12H14N2O2S/c1-7-9(3)16-12(14-7)17-11-10(8(2)15)5-4-6-13-11/h4-6,8,15H,1-3H3/t8-/m1/s1. The van der Waals surface area contributed by atoms with Gasteiger partial charge in [-0.25, -0.2) is 9.97 Å². The van der Waals surface area contributed by atoms with Crippen molar-refractivity contribution in [2.45, 2.75) is 37.1 Å². The van der Waals surface area contributed by atoms with Gasteiger partial charge in [-0.1, -0.05) is 6.07 Å². The van der Waals surface area contributed by atoms with Gasteiger partial charge < -0.3 is 9.52 Å². The van der Waals surface area contributed by atoms with Crippen molar-refractivity contribution >= 4 is 11.8 Å². The third kappa shape index (κ3) is 2.68. The highest BCUT2D eigenvalue weighted by molar-refractivity contribution is 7.99. The molecule has 2 heterocycles. The monoisotopic (exact) mass is 250 g/mol. The van der Waals surface area contributed by atoms with Gasteiger partial charge in [-0.15, -0.1) is 0 Å². The summed E-state index contributed by atoms with van der Waals surface area (Å²) in [6.45, 7) is 5.49. The highest BCUT2D eigenvalue weighted by atomic mass is 32.2. The SMILES string of the molecule is Cc1nc(Sc2ncccc2[C@@H](C)O)oc1C. The van der Waals surface area contributed by atoms with E-state index in [9.17, 15) is 5.11 Å². The molecule has 0 bridgehead atoms. The van der Waals surface area contributed by atoms with Crippen LogP contribution in [0.25, 0.3) is 0 Å². The summed E-state index contributed by atoms with van der Waals surface area (Å²) >= 11 is 1.33. The average molecular weight is 250 g/mol. The molecule has 1 N–H and O–H groups in total. The molecule has 0 aliphatic carbocycles. The normalized spacial score (nSPS) is 12.7. The lowest BCUT2D eigenvalue weighted by Gasteiger charge is -2.07. The van der Waals surface area contributed by atoms with E-state index in [1.807, 2.05) is 19.9 Å². The van der Waals surface area contributed by atoms with E-state index >= 15 is 0 Å². The molecule has 0 spiro atoms. The van der Waals surface area contributed by atoms with Crippen molar-refractivity contribution in [1.29, 1.82) is 0 Å². The van der Waals surface area contributed by atoms with Gasteiger partial charge in [0.05, 0.1) is 11.8 Å². The Kier molecular flexibility index (Phi) is 3.49. The van der Waals surface area contributed by atoms with Crippen LogP contribution in [-0.2, 0) is 0 Å². The number of aromatic nitrogens is 2. The van der Waals surface area contributed by atoms with Gasteiger partial charge >= 0.3 is 0 Å². The zero-order chi connectivity index (χ0) is 12.4. The van der Waals surface area contributed by atoms with Crippen molar-refractivity contribution in [3.8, 4) is 0 Å². The van der Waals surface area contributed by atoms with Crippen LogP contribution >= 0.6 is 11.8 Å². The summed E-state index contributed by atoms with van der Waals surface area (Å²) in [4.78, 5) is 8.52. The fourth-order valence-corrected chi connectivity index (χ4v) is 2.36. The summed E-state index contributed by atoms with van der Waals surface area (Å²) in [5.74, 6) is 0.807. The first-order valence-electron chi connectivity index (χ1n) is 5.33. The quantitative estimate of drug-likeness (QED) is 0.907. The van der Waals surface area contributed by atoms with E-state index in [1.54, 1.807) is 19.2 Å². The Hall–Kier alpha value is -1.33. The van der Waals surface area contributed by atoms with Gasteiger partial charge in [0.25, 0.3) is 5.22 Å². The number of hydrogen-bond acceptors (Lipinski definition) is 5. The number of oxazole rings is 1. The van der Waals surface area contributed by atoms with Crippen LogP contribution in [0.5, 0.6) is 0 Å². The first kappa shape index (κ1) is 12.1. The molecule has 1 atom stereocenters. The van der Waals surface area contributed by atoms with E-state index in [1.165, 1.54) is 11.8 Å². The van der Waals surface area contributed by atoms with Gasteiger partial charge in [0.15, 0.2) is 0 Å². The number of pyridine rings is 1. The van der Waals surface area contributed by atoms with E-state index < -0.39 is 6.10 Å². The van der Waals surface area contributed by atoms with E-state index in [0.717, 1.165) is 22.0 Å². The molecule has 0 aromatic carbocycles. The van der Waals surface area contributed by atoms with Crippen molar-refractivity contribution in [2.75, 3.05) is 0 Å². The highest BCUT2D eigenvalue weighted by Gasteiger charge is 2.13. The number of aryl methyl sites for hydroxylation is 2. The fourth-order valence-electron chi connectivity index (χ4n) is 1.38. The first-order chi connectivity index (χ1) is 8.08. The Balaban J connectivity index is 2.29. The van der Waals surface area contributed by atoms with Crippen LogP contribution in [0, 0.1) is 13.8 Å². The second-order valence-corrected chi connectivity index (χ2v) is 4.74. The molecule has 0 fully saturated rings. The predicted molar refractivity (Wildman–Crippen MR) is 65.0 cm³/mol. The molecule has 0 saturated heterocycles. The smallest absolute Gasteiger partial charge is 0.262 e. The number of aliphatic hydroxyl groups is 1. The topological polar surface area (TPSA) is 59.2 Å². The zero-order valence-corrected chi connectivity index (χ0v) is 10.8. The Bertz CT molecular complexity index is 503. The molecule has 0 unspecified atom stereocenters. The first-order valence-corrected chi connectivity index (χ1v) is 6.14. The van der Waals surface area contributed by atoms with E-state index in [0.29, 0.717) is 5.22 Å². The van der Waals surface area contributed by atoms with Crippen molar-refractivity contribution in [1.82, 2.24) is 9.97 Å². The third-order valence-electron chi connectivity index (χ3n) is 2.44. The fraction of sp³-hybridized carbons (Fsp3) is 0.333. The second kappa shape index (κ2) is 4.89. The van der Waals surface area contributed by atoms with Gasteiger partial charge in [0.2, 0.25) is 0 Å². The van der Waals surface area contributed by atoms with Crippen LogP contribution in [0.15, 0.2) is 33.0 Å². The van der Waals surface area contributed by atoms with Gasteiger partial charge in [-0.3, -0.25) is 0 Å². The lowest BCUT2D eigenvalue weighted by molar-refractivity contribution is 0.195. The lowest BCUT2D eigenvalue weighted by atomic mass is 10.2. The molecule has 90 valence electrons. The van der Waals surface area contributed by atoms with Crippen LogP contribution in [0.2, 0.25) is 0 Å². The predicted octanol–water partition coefficient (Wildman–Crippen LogP) is 2.89. The molecule has 0 amide bonds. The van der Waals surface area contributed by atoms with Crippen LogP contribution in [0.3, 0.4) is 0 Å². The number of nitrogens with zero attached hydrogens (tertiary/aromatic N) is 2. The number of rotatable bonds is 3. The molecule has 2 rings (SSSR count). The van der Waals surface area contributed by atoms with E-state index in [4.69, 9.17) is 4.42 Å². The van der Waals surface area contributed by atoms with Crippen LogP contribution in [0.4, 0.5) is 0 Å². The molecule has 0 aliphatic heterocycles. The summed E-state index contributed by atoms with van der Waals surface area (Å²) in [6.07, 6.45) is 1.14. The van der Waals surface area contributed by atoms with Crippen molar-refractivity contribution < 1.29 is 9.52 Å². The minimum Gasteiger partial charge on any atom is -0.436 e. The summed E-state index contributed by atoms with van der Waals surface area (Å²) in [5.41, 5.74) is 1.66. The minimum atomic E-state index is -0.552. The summed E-state index contributed by atoms with van der Waals surface area (Å²) in [6, 6.07) is 3.65. The van der Waals surface area contributed by atoms with E-state index in [2.05, 4.69) is 9.97 Å². The van der Waals surface area contributed by atoms with Gasteiger partial charge in [-0.05, 0) is 38.6 Å². The Morgan fingerprint density at radius 2 is 2.18 bits per heavy atom. The molecule has 0 aliphatic rings. The van der Waals surface area contributed by atoms with Crippen LogP contribution in [-0.4, -0.2) is 15.1 Å². The third-order valence-corrected chi connectivity index (χ3v) is 3.33. The van der Waals surface area contributed by atoms with Crippen LogP contribution in [0.1, 0.15) is 30.0 Å². The van der Waals surface area contributed by atoms with Gasteiger partial charge in [0.1, 0.15) is 10.8 Å². The molecule has 0 radical (unpaired) electrons. The summed E-state index contributed by atoms with van der Waals surface area (Å²) in [5, 5.41) is 10.9. The second-order valence-electron chi connectivity index (χ2n) is 3.80. The molecular formula is C12H14N2O2S. The van der Waals surface area contributed by atoms with Crippen molar-refractivity contribution in [2.24, 2.45) is 0 Å². The Labute approximate surface area is 104 Å². The highest BCUT2D eigenvalue weighted by Crippen LogP contribution is 2.31. The largest absolute Gasteiger partial charge is 0.436 e. The minimum absolute atomic E-state index is 0.552. The van der Waals surface area contributed by atoms with Crippen molar-refractivity contribution in [3.05, 3.63) is 35.3 Å². The lowest BCUT2D eigenvalue weighted by Crippen LogP contribution is -1.95. The molecule has 2 aromatic rings. The Morgan fingerprint density at radius 3 is 2.76 bits per heavy atom. The van der Waals surface area contributed by atoms with Crippen LogP contribution < -0.4 is 0 Å². The maximum Gasteiger partial charge on any atom is 0.262 e. The molecule has 4 nitrogen and oxygen atoms in total. The summed E-state index contributed by atoms with van der Waals surface area (Å²) in [7, 11) is 0. The summed E-state index contributed by atoms with van der Waals surface area (Å²) < 4.78 is 5.48. The van der Waals surface area contributed by atoms with Crippen molar-refractivity contribution in [3.63, 3.8) is 0 Å². The zero-order valence-electron chi connectivity index (χ0n) is 9.97. The van der Waals surface area contributed by atoms with Gasteiger partial charge in [-0.2, -0.15) is 0 Å². The molecular weight excluding hydrogens is 236 g/mol. The Morgan fingerprint density at radius 1 is 1.41 bits per heavy atom. The number of aliphatic hydroxyl groups excluding tert-OH is 1. The molecule has 5 heteroatoms. The average Bonchev–Trinajstić information content (AvgIpc) is 2.58. The van der Waals surface area contributed by atoms with E-state index in [-0.39, 0.29) is 0 Å². The molecule has 0 saturated carbocycles. The van der Waals surface area contributed by atoms with Gasteiger partial charge in [0, 0.05) is 11.8 Å². The maximum absolute atomic E-state index is 9.64. The molecule has 2 aromatic heterocycles.